The van der Waals surface area contributed by atoms with Gasteiger partial charge in [-0.3, -0.25) is 0 Å². The van der Waals surface area contributed by atoms with Gasteiger partial charge in [-0.1, -0.05) is 19.8 Å². The van der Waals surface area contributed by atoms with E-state index < -0.39 is 0 Å². The second kappa shape index (κ2) is 5.30. The molecule has 0 spiro atoms. The van der Waals surface area contributed by atoms with E-state index in [0.717, 1.165) is 42.5 Å². The predicted molar refractivity (Wildman–Crippen MR) is 64.3 cm³/mol. The lowest BCUT2D eigenvalue weighted by molar-refractivity contribution is 0.290. The maximum atomic E-state index is 5.68. The summed E-state index contributed by atoms with van der Waals surface area (Å²) in [7, 11) is 0. The van der Waals surface area contributed by atoms with Gasteiger partial charge in [0.25, 0.3) is 0 Å². The molecule has 3 nitrogen and oxygen atoms in total. The number of nitrogens with two attached hydrogens (primary N) is 1. The fourth-order valence-corrected chi connectivity index (χ4v) is 1.73. The fraction of sp³-hybridized carbons (Fsp3) is 0.615. The van der Waals surface area contributed by atoms with Crippen molar-refractivity contribution in [3.8, 4) is 5.88 Å². The van der Waals surface area contributed by atoms with Gasteiger partial charge >= 0.3 is 0 Å². The molecule has 0 bridgehead atoms. The minimum atomic E-state index is 0.550. The van der Waals surface area contributed by atoms with Crippen molar-refractivity contribution in [2.75, 3.05) is 6.61 Å². The molecule has 1 heterocycles. The van der Waals surface area contributed by atoms with Crippen LogP contribution in [0, 0.1) is 5.92 Å². The average Bonchev–Trinajstić information content (AvgIpc) is 3.12. The molecule has 3 heteroatoms. The van der Waals surface area contributed by atoms with Gasteiger partial charge in [-0.15, -0.1) is 0 Å². The van der Waals surface area contributed by atoms with E-state index in [1.54, 1.807) is 0 Å². The van der Waals surface area contributed by atoms with Gasteiger partial charge < -0.3 is 10.5 Å². The van der Waals surface area contributed by atoms with Crippen LogP contribution in [0.25, 0.3) is 0 Å². The van der Waals surface area contributed by atoms with Crippen LogP contribution in [-0.4, -0.2) is 11.6 Å². The maximum Gasteiger partial charge on any atom is 0.213 e. The van der Waals surface area contributed by atoms with E-state index in [0.29, 0.717) is 6.54 Å². The number of pyridine rings is 1. The van der Waals surface area contributed by atoms with E-state index in [4.69, 9.17) is 10.5 Å². The van der Waals surface area contributed by atoms with Crippen LogP contribution in [0.15, 0.2) is 12.1 Å². The highest BCUT2D eigenvalue weighted by atomic mass is 16.5. The molecule has 1 aliphatic rings. The van der Waals surface area contributed by atoms with Crippen molar-refractivity contribution in [3.63, 3.8) is 0 Å². The van der Waals surface area contributed by atoms with Crippen molar-refractivity contribution in [1.29, 1.82) is 0 Å². The number of hydrogen-bond donors (Lipinski definition) is 1. The highest BCUT2D eigenvalue weighted by molar-refractivity contribution is 5.25. The topological polar surface area (TPSA) is 48.1 Å². The van der Waals surface area contributed by atoms with E-state index in [1.165, 1.54) is 12.8 Å². The lowest BCUT2D eigenvalue weighted by atomic mass is 10.2. The Labute approximate surface area is 97.0 Å². The predicted octanol–water partition coefficient (Wildman–Crippen LogP) is 2.28. The molecule has 1 aliphatic carbocycles. The summed E-state index contributed by atoms with van der Waals surface area (Å²) < 4.78 is 5.68. The molecular formula is C13H20N2O. The van der Waals surface area contributed by atoms with E-state index in [2.05, 4.69) is 11.9 Å². The van der Waals surface area contributed by atoms with Gasteiger partial charge in [0.05, 0.1) is 6.61 Å². The van der Waals surface area contributed by atoms with Crippen LogP contribution in [0.3, 0.4) is 0 Å². The minimum absolute atomic E-state index is 0.550. The van der Waals surface area contributed by atoms with Crippen LogP contribution >= 0.6 is 0 Å². The van der Waals surface area contributed by atoms with Gasteiger partial charge in [0, 0.05) is 18.3 Å². The minimum Gasteiger partial charge on any atom is -0.478 e. The largest absolute Gasteiger partial charge is 0.478 e. The summed E-state index contributed by atoms with van der Waals surface area (Å²) in [6.45, 7) is 3.43. The maximum absolute atomic E-state index is 5.68. The molecular weight excluding hydrogens is 200 g/mol. The summed E-state index contributed by atoms with van der Waals surface area (Å²) in [5.74, 6) is 1.64. The lowest BCUT2D eigenvalue weighted by Gasteiger charge is -2.08. The van der Waals surface area contributed by atoms with E-state index in [9.17, 15) is 0 Å². The Kier molecular flexibility index (Phi) is 3.78. The summed E-state index contributed by atoms with van der Waals surface area (Å²) in [5.41, 5.74) is 7.81. The zero-order valence-corrected chi connectivity index (χ0v) is 9.91. The number of nitrogens with zero attached hydrogens (tertiary/aromatic N) is 1. The van der Waals surface area contributed by atoms with Gasteiger partial charge in [0.2, 0.25) is 5.88 Å². The highest BCUT2D eigenvalue weighted by Crippen LogP contribution is 2.32. The first-order chi connectivity index (χ1) is 7.81. The monoisotopic (exact) mass is 220 g/mol. The number of rotatable bonds is 6. The van der Waals surface area contributed by atoms with E-state index in [1.807, 2.05) is 12.1 Å². The van der Waals surface area contributed by atoms with Crippen molar-refractivity contribution in [2.45, 2.75) is 39.2 Å². The van der Waals surface area contributed by atoms with Crippen LogP contribution < -0.4 is 10.5 Å². The van der Waals surface area contributed by atoms with Crippen LogP contribution in [-0.2, 0) is 13.0 Å². The second-order valence-corrected chi connectivity index (χ2v) is 4.44. The van der Waals surface area contributed by atoms with Gasteiger partial charge in [0.1, 0.15) is 0 Å². The Morgan fingerprint density at radius 1 is 1.44 bits per heavy atom. The van der Waals surface area contributed by atoms with Crippen LogP contribution in [0.1, 0.15) is 37.4 Å². The smallest absolute Gasteiger partial charge is 0.213 e. The average molecular weight is 220 g/mol. The quantitative estimate of drug-likeness (QED) is 0.800. The molecule has 0 aliphatic heterocycles. The van der Waals surface area contributed by atoms with Gasteiger partial charge in [-0.25, -0.2) is 4.98 Å². The summed E-state index contributed by atoms with van der Waals surface area (Å²) in [4.78, 5) is 4.44. The van der Waals surface area contributed by atoms with Gasteiger partial charge in [-0.2, -0.15) is 0 Å². The molecule has 0 saturated heterocycles. The molecule has 1 aromatic rings. The number of hydrogen-bond acceptors (Lipinski definition) is 3. The summed E-state index contributed by atoms with van der Waals surface area (Å²) in [6.07, 6.45) is 4.84. The van der Waals surface area contributed by atoms with Crippen LogP contribution in [0.4, 0.5) is 0 Å². The third-order valence-electron chi connectivity index (χ3n) is 2.99. The highest BCUT2D eigenvalue weighted by Gasteiger charge is 2.20. The van der Waals surface area contributed by atoms with Gasteiger partial charge in [-0.05, 0) is 30.4 Å². The Morgan fingerprint density at radius 2 is 2.25 bits per heavy atom. The molecule has 2 N–H and O–H groups in total. The molecule has 1 saturated carbocycles. The third kappa shape index (κ3) is 3.20. The molecule has 88 valence electrons. The molecule has 16 heavy (non-hydrogen) atoms. The Hall–Kier alpha value is -1.09. The Bertz CT molecular complexity index is 326. The van der Waals surface area contributed by atoms with Crippen molar-refractivity contribution in [1.82, 2.24) is 4.98 Å². The molecule has 2 rings (SSSR count). The lowest BCUT2D eigenvalue weighted by Crippen LogP contribution is -2.04. The standard InChI is InChI=1S/C13H20N2O/c1-2-12-7-11(9-14)8-13(15-12)16-6-5-10-3-4-10/h7-8,10H,2-6,9,14H2,1H3. The molecule has 0 aromatic carbocycles. The number of aromatic nitrogens is 1. The summed E-state index contributed by atoms with van der Waals surface area (Å²) in [5, 5.41) is 0. The van der Waals surface area contributed by atoms with Crippen molar-refractivity contribution >= 4 is 0 Å². The Morgan fingerprint density at radius 3 is 2.88 bits per heavy atom. The Balaban J connectivity index is 1.94. The molecule has 0 atom stereocenters. The molecule has 1 fully saturated rings. The van der Waals surface area contributed by atoms with E-state index in [-0.39, 0.29) is 0 Å². The van der Waals surface area contributed by atoms with Crippen molar-refractivity contribution in [2.24, 2.45) is 11.7 Å². The molecule has 0 radical (unpaired) electrons. The molecule has 0 unspecified atom stereocenters. The fourth-order valence-electron chi connectivity index (χ4n) is 1.73. The zero-order valence-electron chi connectivity index (χ0n) is 9.91. The second-order valence-electron chi connectivity index (χ2n) is 4.44. The van der Waals surface area contributed by atoms with Crippen LogP contribution in [0.2, 0.25) is 0 Å². The van der Waals surface area contributed by atoms with Crippen molar-refractivity contribution < 1.29 is 4.74 Å². The first kappa shape index (κ1) is 11.4. The number of aryl methyl sites for hydroxylation is 1. The zero-order chi connectivity index (χ0) is 11.4. The SMILES string of the molecule is CCc1cc(CN)cc(OCCC2CC2)n1. The molecule has 0 amide bonds. The summed E-state index contributed by atoms with van der Waals surface area (Å²) in [6, 6.07) is 4.00. The first-order valence-electron chi connectivity index (χ1n) is 6.14. The first-order valence-corrected chi connectivity index (χ1v) is 6.14. The third-order valence-corrected chi connectivity index (χ3v) is 2.99. The van der Waals surface area contributed by atoms with Gasteiger partial charge in [0.15, 0.2) is 0 Å². The molecule has 1 aromatic heterocycles. The normalized spacial score (nSPS) is 15.1. The van der Waals surface area contributed by atoms with Crippen LogP contribution in [0.5, 0.6) is 5.88 Å². The van der Waals surface area contributed by atoms with E-state index >= 15 is 0 Å². The van der Waals surface area contributed by atoms with Crippen molar-refractivity contribution in [3.05, 3.63) is 23.4 Å². The number of ether oxygens (including phenoxy) is 1. The summed E-state index contributed by atoms with van der Waals surface area (Å²) >= 11 is 0.